The molecule has 1 aromatic carbocycles. The Morgan fingerprint density at radius 2 is 1.84 bits per heavy atom. The third-order valence-corrected chi connectivity index (χ3v) is 9.61. The van der Waals surface area contributed by atoms with Crippen LogP contribution in [0.4, 0.5) is 5.13 Å². The molecule has 2 unspecified atom stereocenters. The number of pyridine rings is 1. The van der Waals surface area contributed by atoms with Crippen LogP contribution in [0.3, 0.4) is 0 Å². The molecule has 12 heteroatoms. The lowest BCUT2D eigenvalue weighted by molar-refractivity contribution is 0.00692. The Kier molecular flexibility index (Phi) is 7.42. The zero-order valence-corrected chi connectivity index (χ0v) is 27.0. The highest BCUT2D eigenvalue weighted by Gasteiger charge is 2.54. The van der Waals surface area contributed by atoms with E-state index in [1.807, 2.05) is 26.8 Å². The highest BCUT2D eigenvalue weighted by molar-refractivity contribution is 7.09. The Morgan fingerprint density at radius 3 is 2.50 bits per heavy atom. The summed E-state index contributed by atoms with van der Waals surface area (Å²) in [4.78, 5) is 24.0. The fourth-order valence-electron chi connectivity index (χ4n) is 5.91. The molecule has 4 heterocycles. The van der Waals surface area contributed by atoms with E-state index in [9.17, 15) is 4.79 Å². The lowest BCUT2D eigenvalue weighted by Gasteiger charge is -2.19. The Bertz CT molecular complexity index is 1740. The van der Waals surface area contributed by atoms with Crippen LogP contribution in [0.1, 0.15) is 61.2 Å². The second-order valence-electron chi connectivity index (χ2n) is 12.6. The van der Waals surface area contributed by atoms with E-state index in [-0.39, 0.29) is 0 Å². The van der Waals surface area contributed by atoms with Crippen molar-refractivity contribution in [2.45, 2.75) is 45.1 Å². The molecule has 7 rings (SSSR count). The minimum absolute atomic E-state index is 0.390. The molecule has 0 N–H and O–H groups in total. The Morgan fingerprint density at radius 1 is 1.11 bits per heavy atom. The van der Waals surface area contributed by atoms with E-state index in [2.05, 4.69) is 31.6 Å². The quantitative estimate of drug-likeness (QED) is 0.176. The molecule has 3 aromatic heterocycles. The van der Waals surface area contributed by atoms with E-state index in [0.29, 0.717) is 67.7 Å². The molecule has 4 aromatic rings. The molecule has 2 aliphatic carbocycles. The zero-order chi connectivity index (χ0) is 30.7. The lowest BCUT2D eigenvalue weighted by Crippen LogP contribution is -2.24. The topological polar surface area (TPSA) is 103 Å². The second kappa shape index (κ2) is 11.2. The molecular weight excluding hydrogens is 621 g/mol. The van der Waals surface area contributed by atoms with Gasteiger partial charge in [-0.2, -0.15) is 9.36 Å². The van der Waals surface area contributed by atoms with Gasteiger partial charge in [0.15, 0.2) is 5.82 Å². The first-order valence-corrected chi connectivity index (χ1v) is 16.1. The number of fused-ring (bicyclic) bond motifs is 1. The number of carbonyl (C=O) groups excluding carboxylic acids is 1. The number of hydrogen-bond donors (Lipinski definition) is 0. The van der Waals surface area contributed by atoms with Gasteiger partial charge >= 0.3 is 5.97 Å². The standard InChI is InChI=1S/C32H31Cl2N5O4S/c1-32(2,3)42-30(40)18-9-17(10-19(11-18)41-4)29-36-31(44-38-29)39-14-22-20(23(22)15-39)7-8-21-27(37-43-28(21)16-5-6-16)26-24(33)12-35-13-25(26)34/h7-13,16,20,22-23H,5-6,14-15H2,1-4H3. The minimum atomic E-state index is -0.603. The van der Waals surface area contributed by atoms with E-state index < -0.39 is 11.6 Å². The molecule has 0 bridgehead atoms. The summed E-state index contributed by atoms with van der Waals surface area (Å²) in [6, 6.07) is 5.26. The van der Waals surface area contributed by atoms with Crippen molar-refractivity contribution in [3.05, 3.63) is 63.6 Å². The van der Waals surface area contributed by atoms with E-state index in [0.717, 1.165) is 42.4 Å². The molecule has 0 radical (unpaired) electrons. The fourth-order valence-corrected chi connectivity index (χ4v) is 7.16. The second-order valence-corrected chi connectivity index (χ2v) is 14.1. The van der Waals surface area contributed by atoms with Gasteiger partial charge in [0.25, 0.3) is 0 Å². The molecule has 2 atom stereocenters. The number of ether oxygens (including phenoxy) is 2. The smallest absolute Gasteiger partial charge is 0.338 e. The summed E-state index contributed by atoms with van der Waals surface area (Å²) >= 11 is 14.3. The zero-order valence-electron chi connectivity index (χ0n) is 24.7. The lowest BCUT2D eigenvalue weighted by atomic mass is 10.0. The van der Waals surface area contributed by atoms with Gasteiger partial charge in [-0.1, -0.05) is 40.5 Å². The van der Waals surface area contributed by atoms with Crippen LogP contribution in [-0.4, -0.2) is 51.3 Å². The van der Waals surface area contributed by atoms with Crippen molar-refractivity contribution in [2.75, 3.05) is 25.1 Å². The van der Waals surface area contributed by atoms with Crippen molar-refractivity contribution in [3.8, 4) is 28.4 Å². The third kappa shape index (κ3) is 5.71. The van der Waals surface area contributed by atoms with Crippen LogP contribution in [-0.2, 0) is 4.74 Å². The number of benzene rings is 1. The molecule has 2 saturated carbocycles. The highest BCUT2D eigenvalue weighted by Crippen LogP contribution is 2.54. The van der Waals surface area contributed by atoms with E-state index in [4.69, 9.17) is 42.2 Å². The summed E-state index contributed by atoms with van der Waals surface area (Å²) in [6.45, 7) is 7.33. The molecule has 228 valence electrons. The maximum atomic E-state index is 12.7. The van der Waals surface area contributed by atoms with Crippen LogP contribution in [0.15, 0.2) is 41.2 Å². The monoisotopic (exact) mass is 651 g/mol. The molecule has 0 spiro atoms. The molecule has 3 fully saturated rings. The normalized spacial score (nSPS) is 21.1. The molecular formula is C32H31Cl2N5O4S. The number of carbonyl (C=O) groups is 1. The largest absolute Gasteiger partial charge is 0.497 e. The number of anilines is 1. The molecule has 0 amide bonds. The maximum absolute atomic E-state index is 12.7. The molecule has 9 nitrogen and oxygen atoms in total. The molecule has 1 aliphatic heterocycles. The van der Waals surface area contributed by atoms with Gasteiger partial charge in [-0.25, -0.2) is 4.79 Å². The first kappa shape index (κ1) is 29.3. The number of methoxy groups -OCH3 is 1. The maximum Gasteiger partial charge on any atom is 0.338 e. The van der Waals surface area contributed by atoms with Gasteiger partial charge in [0.2, 0.25) is 5.13 Å². The number of allylic oxidation sites excluding steroid dienone is 1. The molecule has 3 aliphatic rings. The molecule has 44 heavy (non-hydrogen) atoms. The summed E-state index contributed by atoms with van der Waals surface area (Å²) < 4.78 is 21.4. The van der Waals surface area contributed by atoms with E-state index in [1.54, 1.807) is 31.6 Å². The summed E-state index contributed by atoms with van der Waals surface area (Å²) in [7, 11) is 1.57. The minimum Gasteiger partial charge on any atom is -0.497 e. The average Bonchev–Trinajstić information content (AvgIpc) is 3.71. The van der Waals surface area contributed by atoms with Crippen molar-refractivity contribution in [1.29, 1.82) is 0 Å². The highest BCUT2D eigenvalue weighted by atomic mass is 35.5. The van der Waals surface area contributed by atoms with Gasteiger partial charge in [-0.05, 0) is 69.6 Å². The number of nitrogens with zero attached hydrogens (tertiary/aromatic N) is 5. The van der Waals surface area contributed by atoms with Crippen LogP contribution in [0, 0.1) is 17.8 Å². The predicted octanol–water partition coefficient (Wildman–Crippen LogP) is 7.80. The van der Waals surface area contributed by atoms with Crippen LogP contribution in [0.5, 0.6) is 5.75 Å². The van der Waals surface area contributed by atoms with E-state index >= 15 is 0 Å². The van der Waals surface area contributed by atoms with Gasteiger partial charge in [-0.3, -0.25) is 4.98 Å². The average molecular weight is 653 g/mol. The van der Waals surface area contributed by atoms with Crippen LogP contribution < -0.4 is 9.64 Å². The van der Waals surface area contributed by atoms with Gasteiger partial charge in [0.1, 0.15) is 22.8 Å². The van der Waals surface area contributed by atoms with Crippen LogP contribution in [0.25, 0.3) is 28.7 Å². The van der Waals surface area contributed by atoms with Gasteiger partial charge in [-0.15, -0.1) is 0 Å². The first-order valence-electron chi connectivity index (χ1n) is 14.6. The number of aromatic nitrogens is 4. The number of rotatable bonds is 8. The van der Waals surface area contributed by atoms with Gasteiger partial charge in [0.05, 0.1) is 22.7 Å². The van der Waals surface area contributed by atoms with E-state index in [1.165, 1.54) is 11.5 Å². The Labute approximate surface area is 269 Å². The number of hydrogen-bond acceptors (Lipinski definition) is 10. The Hall–Kier alpha value is -3.47. The van der Waals surface area contributed by atoms with Crippen LogP contribution >= 0.6 is 34.7 Å². The summed E-state index contributed by atoms with van der Waals surface area (Å²) in [5, 5.41) is 6.16. The predicted molar refractivity (Wildman–Crippen MR) is 171 cm³/mol. The number of esters is 1. The van der Waals surface area contributed by atoms with Crippen molar-refractivity contribution in [1.82, 2.24) is 19.5 Å². The number of halogens is 2. The third-order valence-electron chi connectivity index (χ3n) is 8.26. The van der Waals surface area contributed by atoms with Crippen LogP contribution in [0.2, 0.25) is 10.0 Å². The van der Waals surface area contributed by atoms with Gasteiger partial charge < -0.3 is 18.9 Å². The SMILES string of the molecule is COc1cc(C(=O)OC(C)(C)C)cc(-c2nsc(N3CC4C(C=Cc5c(-c6c(Cl)cncc6Cl)noc5C5CC5)C4C3)n2)c1. The summed E-state index contributed by atoms with van der Waals surface area (Å²) in [5.74, 6) is 3.53. The Balaban J connectivity index is 1.05. The van der Waals surface area contributed by atoms with Crippen molar-refractivity contribution in [2.24, 2.45) is 17.8 Å². The fraction of sp³-hybridized carbons (Fsp3) is 0.406. The summed E-state index contributed by atoms with van der Waals surface area (Å²) in [6.07, 6.45) is 9.78. The van der Waals surface area contributed by atoms with Crippen molar-refractivity contribution >= 4 is 51.9 Å². The summed E-state index contributed by atoms with van der Waals surface area (Å²) in [5.41, 5.74) is 2.79. The van der Waals surface area contributed by atoms with Gasteiger partial charge in [0, 0.05) is 59.6 Å². The first-order chi connectivity index (χ1) is 21.1. The number of piperidine rings is 1. The van der Waals surface area contributed by atoms with Crippen molar-refractivity contribution < 1.29 is 18.8 Å². The molecule has 1 saturated heterocycles. The van der Waals surface area contributed by atoms with Crippen molar-refractivity contribution in [3.63, 3.8) is 0 Å².